The Kier molecular flexibility index (Phi) is 8.11. The average molecular weight is 472 g/mol. The van der Waals surface area contributed by atoms with Crippen molar-refractivity contribution in [2.75, 3.05) is 50.0 Å². The van der Waals surface area contributed by atoms with Crippen LogP contribution in [-0.4, -0.2) is 66.4 Å². The van der Waals surface area contributed by atoms with Gasteiger partial charge >= 0.3 is 0 Å². The molecule has 7 nitrogen and oxygen atoms in total. The zero-order valence-corrected chi connectivity index (χ0v) is 20.4. The largest absolute Gasteiger partial charge is 0.353 e. The number of pyridine rings is 1. The molecule has 182 valence electrons. The Morgan fingerprint density at radius 1 is 0.971 bits per heavy atom. The molecule has 0 aliphatic carbocycles. The van der Waals surface area contributed by atoms with Crippen molar-refractivity contribution in [2.45, 2.75) is 19.4 Å². The van der Waals surface area contributed by atoms with Crippen molar-refractivity contribution < 1.29 is 9.59 Å². The molecule has 1 aliphatic rings. The van der Waals surface area contributed by atoms with Crippen molar-refractivity contribution in [3.8, 4) is 0 Å². The minimum atomic E-state index is -0.127. The van der Waals surface area contributed by atoms with Crippen LogP contribution in [-0.2, 0) is 4.79 Å². The van der Waals surface area contributed by atoms with Crippen molar-refractivity contribution >= 4 is 23.3 Å². The summed E-state index contributed by atoms with van der Waals surface area (Å²) < 4.78 is 0. The summed E-state index contributed by atoms with van der Waals surface area (Å²) in [6.07, 6.45) is 2.28. The van der Waals surface area contributed by atoms with Crippen molar-refractivity contribution in [3.63, 3.8) is 0 Å². The van der Waals surface area contributed by atoms with Gasteiger partial charge in [-0.2, -0.15) is 0 Å². The molecule has 1 saturated heterocycles. The fourth-order valence-corrected chi connectivity index (χ4v) is 4.27. The molecule has 0 saturated carbocycles. The second kappa shape index (κ2) is 11.6. The zero-order valence-electron chi connectivity index (χ0n) is 20.4. The van der Waals surface area contributed by atoms with Crippen LogP contribution in [0, 0.1) is 0 Å². The smallest absolute Gasteiger partial charge is 0.255 e. The topological polar surface area (TPSA) is 68.8 Å². The number of amides is 2. The lowest BCUT2D eigenvalue weighted by molar-refractivity contribution is -0.131. The van der Waals surface area contributed by atoms with Crippen LogP contribution in [0.25, 0.3) is 0 Å². The fraction of sp³-hybridized carbons (Fsp3) is 0.321. The molecule has 7 heteroatoms. The van der Waals surface area contributed by atoms with E-state index in [2.05, 4.69) is 33.1 Å². The predicted molar refractivity (Wildman–Crippen MR) is 140 cm³/mol. The van der Waals surface area contributed by atoms with Crippen LogP contribution in [0.5, 0.6) is 0 Å². The van der Waals surface area contributed by atoms with Crippen LogP contribution in [0.1, 0.15) is 35.3 Å². The Hall–Kier alpha value is -3.71. The van der Waals surface area contributed by atoms with Gasteiger partial charge in [0.25, 0.3) is 5.91 Å². The lowest BCUT2D eigenvalue weighted by Gasteiger charge is -2.36. The summed E-state index contributed by atoms with van der Waals surface area (Å²) in [6, 6.07) is 23.1. The van der Waals surface area contributed by atoms with Crippen molar-refractivity contribution in [3.05, 3.63) is 90.1 Å². The first-order chi connectivity index (χ1) is 17.0. The number of carbonyl (C=O) groups excluding carboxylic acids is 2. The molecule has 3 aromatic rings. The van der Waals surface area contributed by atoms with Crippen molar-refractivity contribution in [1.29, 1.82) is 0 Å². The number of nitrogens with one attached hydrogen (secondary N) is 1. The van der Waals surface area contributed by atoms with E-state index in [-0.39, 0.29) is 17.9 Å². The minimum absolute atomic E-state index is 0.109. The molecule has 2 aromatic carbocycles. The molecular formula is C28H33N5O2. The normalized spacial score (nSPS) is 14.6. The van der Waals surface area contributed by atoms with Gasteiger partial charge in [-0.3, -0.25) is 14.5 Å². The van der Waals surface area contributed by atoms with Gasteiger partial charge < -0.3 is 15.1 Å². The molecule has 2 amide bonds. The molecule has 1 N–H and O–H groups in total. The van der Waals surface area contributed by atoms with Crippen molar-refractivity contribution in [2.24, 2.45) is 0 Å². The molecule has 35 heavy (non-hydrogen) atoms. The molecule has 0 spiro atoms. The van der Waals surface area contributed by atoms with Crippen LogP contribution in [0.4, 0.5) is 11.5 Å². The maximum atomic E-state index is 12.8. The average Bonchev–Trinajstić information content (AvgIpc) is 2.92. The summed E-state index contributed by atoms with van der Waals surface area (Å²) in [5.41, 5.74) is 2.48. The molecule has 1 aromatic heterocycles. The van der Waals surface area contributed by atoms with E-state index in [0.717, 1.165) is 43.2 Å². The highest BCUT2D eigenvalue weighted by Gasteiger charge is 2.22. The predicted octanol–water partition coefficient (Wildman–Crippen LogP) is 4.07. The Morgan fingerprint density at radius 3 is 2.43 bits per heavy atom. The second-order valence-corrected chi connectivity index (χ2v) is 8.91. The monoisotopic (exact) mass is 471 g/mol. The lowest BCUT2D eigenvalue weighted by atomic mass is 10.1. The van der Waals surface area contributed by atoms with E-state index in [4.69, 9.17) is 0 Å². The molecule has 2 heterocycles. The van der Waals surface area contributed by atoms with E-state index in [1.807, 2.05) is 66.5 Å². The summed E-state index contributed by atoms with van der Waals surface area (Å²) in [7, 11) is 2.03. The quantitative estimate of drug-likeness (QED) is 0.537. The fourth-order valence-electron chi connectivity index (χ4n) is 4.27. The molecule has 4 rings (SSSR count). The van der Waals surface area contributed by atoms with Crippen molar-refractivity contribution in [1.82, 2.24) is 14.8 Å². The molecular weight excluding hydrogens is 438 g/mol. The van der Waals surface area contributed by atoms with Crippen LogP contribution in [0.2, 0.25) is 0 Å². The minimum Gasteiger partial charge on any atom is -0.353 e. The first-order valence-electron chi connectivity index (χ1n) is 12.1. The summed E-state index contributed by atoms with van der Waals surface area (Å²) >= 11 is 0. The second-order valence-electron chi connectivity index (χ2n) is 8.91. The zero-order chi connectivity index (χ0) is 24.6. The Morgan fingerprint density at radius 2 is 1.71 bits per heavy atom. The van der Waals surface area contributed by atoms with E-state index in [9.17, 15) is 9.59 Å². The van der Waals surface area contributed by atoms with E-state index in [1.165, 1.54) is 0 Å². The molecule has 1 unspecified atom stereocenters. The lowest BCUT2D eigenvalue weighted by Crippen LogP contribution is -2.49. The number of rotatable bonds is 8. The number of piperazine rings is 1. The van der Waals surface area contributed by atoms with Gasteiger partial charge in [-0.15, -0.1) is 0 Å². The van der Waals surface area contributed by atoms with Gasteiger partial charge in [0.05, 0.1) is 0 Å². The molecule has 0 bridgehead atoms. The number of carbonyl (C=O) groups is 2. The standard InChI is InChI=1S/C28H33N5O2/c1-22(24-11-8-12-25(21-24)30-28(35)23-9-4-3-5-10-23)31(2)16-14-27(34)33-19-17-32(18-20-33)26-13-6-7-15-29-26/h3-13,15,21-22H,14,16-20H2,1-2H3,(H,30,35). The van der Waals surface area contributed by atoms with Gasteiger partial charge in [-0.25, -0.2) is 4.98 Å². The number of anilines is 2. The first kappa shape index (κ1) is 24.4. The van der Waals surface area contributed by atoms with E-state index in [1.54, 1.807) is 18.3 Å². The van der Waals surface area contributed by atoms with Gasteiger partial charge in [-0.05, 0) is 55.9 Å². The van der Waals surface area contributed by atoms with E-state index >= 15 is 0 Å². The maximum Gasteiger partial charge on any atom is 0.255 e. The van der Waals surface area contributed by atoms with Crippen LogP contribution in [0.15, 0.2) is 79.0 Å². The highest BCUT2D eigenvalue weighted by Crippen LogP contribution is 2.23. The third-order valence-corrected chi connectivity index (χ3v) is 6.61. The summed E-state index contributed by atoms with van der Waals surface area (Å²) in [5.74, 6) is 1.03. The molecule has 1 fully saturated rings. The third-order valence-electron chi connectivity index (χ3n) is 6.61. The Balaban J connectivity index is 1.26. The van der Waals surface area contributed by atoms with Gasteiger partial charge in [-0.1, -0.05) is 36.4 Å². The SMILES string of the molecule is CC(c1cccc(NC(=O)c2ccccc2)c1)N(C)CCC(=O)N1CCN(c2ccccn2)CC1. The van der Waals surface area contributed by atoms with Gasteiger partial charge in [0.15, 0.2) is 0 Å². The van der Waals surface area contributed by atoms with E-state index < -0.39 is 0 Å². The summed E-state index contributed by atoms with van der Waals surface area (Å²) in [6.45, 7) is 5.83. The van der Waals surface area contributed by atoms with Crippen LogP contribution in [0.3, 0.4) is 0 Å². The number of aromatic nitrogens is 1. The van der Waals surface area contributed by atoms with Gasteiger partial charge in [0.1, 0.15) is 5.82 Å². The van der Waals surface area contributed by atoms with Crippen LogP contribution < -0.4 is 10.2 Å². The highest BCUT2D eigenvalue weighted by molar-refractivity contribution is 6.04. The van der Waals surface area contributed by atoms with Crippen LogP contribution >= 0.6 is 0 Å². The highest BCUT2D eigenvalue weighted by atomic mass is 16.2. The van der Waals surface area contributed by atoms with Gasteiger partial charge in [0, 0.05) is 62.6 Å². The molecule has 0 radical (unpaired) electrons. The third kappa shape index (κ3) is 6.45. The number of hydrogen-bond donors (Lipinski definition) is 1. The Bertz CT molecular complexity index is 1110. The molecule has 1 aliphatic heterocycles. The number of benzene rings is 2. The van der Waals surface area contributed by atoms with E-state index in [0.29, 0.717) is 18.5 Å². The molecule has 1 atom stereocenters. The van der Waals surface area contributed by atoms with Gasteiger partial charge in [0.2, 0.25) is 5.91 Å². The first-order valence-corrected chi connectivity index (χ1v) is 12.1. The number of nitrogens with zero attached hydrogens (tertiary/aromatic N) is 4. The summed E-state index contributed by atoms with van der Waals surface area (Å²) in [4.78, 5) is 36.1. The summed E-state index contributed by atoms with van der Waals surface area (Å²) in [5, 5.41) is 2.97. The maximum absolute atomic E-state index is 12.8. The number of hydrogen-bond acceptors (Lipinski definition) is 5. The Labute approximate surface area is 207 Å².